The van der Waals surface area contributed by atoms with Gasteiger partial charge in [0.1, 0.15) is 18.7 Å². The minimum absolute atomic E-state index is 0.268. The summed E-state index contributed by atoms with van der Waals surface area (Å²) in [5.41, 5.74) is 6.59. The first-order valence-corrected chi connectivity index (χ1v) is 6.85. The van der Waals surface area contributed by atoms with Crippen LogP contribution in [0.1, 0.15) is 31.3 Å². The predicted octanol–water partition coefficient (Wildman–Crippen LogP) is 2.27. The molecule has 20 heavy (non-hydrogen) atoms. The highest BCUT2D eigenvalue weighted by Crippen LogP contribution is 2.15. The van der Waals surface area contributed by atoms with E-state index >= 15 is 0 Å². The number of aromatic nitrogens is 3. The van der Waals surface area contributed by atoms with Crippen molar-refractivity contribution in [3.63, 3.8) is 0 Å². The zero-order valence-corrected chi connectivity index (χ0v) is 12.4. The van der Waals surface area contributed by atoms with E-state index in [4.69, 9.17) is 22.7 Å². The number of nitrogens with zero attached hydrogens (tertiary/aromatic N) is 3. The Balaban J connectivity index is 1.97. The van der Waals surface area contributed by atoms with Gasteiger partial charge in [-0.3, -0.25) is 0 Å². The fourth-order valence-corrected chi connectivity index (χ4v) is 2.03. The molecule has 0 aliphatic carbocycles. The van der Waals surface area contributed by atoms with E-state index < -0.39 is 0 Å². The maximum atomic E-state index is 5.71. The number of rotatable bonds is 6. The minimum Gasteiger partial charge on any atom is -0.486 e. The molecular weight excluding hydrogens is 272 g/mol. The second-order valence-electron chi connectivity index (χ2n) is 4.79. The van der Waals surface area contributed by atoms with E-state index in [0.29, 0.717) is 18.0 Å². The highest BCUT2D eigenvalue weighted by Gasteiger charge is 2.08. The molecule has 0 saturated carbocycles. The lowest BCUT2D eigenvalue weighted by Crippen LogP contribution is -2.11. The van der Waals surface area contributed by atoms with E-state index in [1.165, 1.54) is 0 Å². The summed E-state index contributed by atoms with van der Waals surface area (Å²) in [6, 6.07) is 8.00. The lowest BCUT2D eigenvalue weighted by atomic mass is 10.1. The van der Waals surface area contributed by atoms with Gasteiger partial charge in [-0.2, -0.15) is 5.10 Å². The van der Waals surface area contributed by atoms with Gasteiger partial charge in [0.15, 0.2) is 5.82 Å². The van der Waals surface area contributed by atoms with Crippen LogP contribution in [-0.2, 0) is 13.0 Å². The van der Waals surface area contributed by atoms with Crippen LogP contribution in [0.15, 0.2) is 30.6 Å². The van der Waals surface area contributed by atoms with E-state index in [1.807, 2.05) is 28.9 Å². The first kappa shape index (κ1) is 14.5. The molecule has 0 saturated heterocycles. The molecule has 0 atom stereocenters. The zero-order chi connectivity index (χ0) is 14.5. The third kappa shape index (κ3) is 3.77. The van der Waals surface area contributed by atoms with Crippen LogP contribution in [0.4, 0.5) is 0 Å². The van der Waals surface area contributed by atoms with Crippen LogP contribution in [-0.4, -0.2) is 19.8 Å². The summed E-state index contributed by atoms with van der Waals surface area (Å²) in [6.45, 7) is 4.51. The molecule has 0 aliphatic rings. The van der Waals surface area contributed by atoms with Crippen LogP contribution >= 0.6 is 12.2 Å². The fraction of sp³-hybridized carbons (Fsp3) is 0.357. The molecule has 0 spiro atoms. The van der Waals surface area contributed by atoms with Crippen LogP contribution in [0.2, 0.25) is 0 Å². The van der Waals surface area contributed by atoms with Crippen molar-refractivity contribution in [2.45, 2.75) is 32.9 Å². The Bertz CT molecular complexity index is 577. The molecule has 5 nitrogen and oxygen atoms in total. The molecule has 0 unspecified atom stereocenters. The van der Waals surface area contributed by atoms with Crippen molar-refractivity contribution in [3.05, 3.63) is 42.0 Å². The second kappa shape index (κ2) is 6.47. The van der Waals surface area contributed by atoms with Crippen LogP contribution in [0.25, 0.3) is 0 Å². The summed E-state index contributed by atoms with van der Waals surface area (Å²) in [7, 11) is 0. The van der Waals surface area contributed by atoms with Crippen molar-refractivity contribution in [2.24, 2.45) is 5.73 Å². The Morgan fingerprint density at radius 1 is 1.35 bits per heavy atom. The maximum Gasteiger partial charge on any atom is 0.165 e. The van der Waals surface area contributed by atoms with Gasteiger partial charge < -0.3 is 10.5 Å². The first-order chi connectivity index (χ1) is 9.56. The van der Waals surface area contributed by atoms with Crippen LogP contribution in [0, 0.1) is 0 Å². The summed E-state index contributed by atoms with van der Waals surface area (Å²) in [5, 5.41) is 4.17. The van der Waals surface area contributed by atoms with Gasteiger partial charge in [-0.15, -0.1) is 0 Å². The normalized spacial score (nSPS) is 10.8. The smallest absolute Gasteiger partial charge is 0.165 e. The quantitative estimate of drug-likeness (QED) is 0.827. The molecule has 2 N–H and O–H groups in total. The number of hydrogen-bond donors (Lipinski definition) is 1. The van der Waals surface area contributed by atoms with Crippen molar-refractivity contribution in [3.8, 4) is 5.75 Å². The molecule has 1 heterocycles. The lowest BCUT2D eigenvalue weighted by molar-refractivity contribution is 0.282. The van der Waals surface area contributed by atoms with Crippen molar-refractivity contribution in [1.82, 2.24) is 14.8 Å². The van der Waals surface area contributed by atoms with Gasteiger partial charge in [0.2, 0.25) is 0 Å². The number of ether oxygens (including phenoxy) is 1. The first-order valence-electron chi connectivity index (χ1n) is 6.44. The third-order valence-electron chi connectivity index (χ3n) is 2.81. The molecule has 0 amide bonds. The number of hydrogen-bond acceptors (Lipinski definition) is 4. The summed E-state index contributed by atoms with van der Waals surface area (Å²) < 4.78 is 7.56. The maximum absolute atomic E-state index is 5.71. The van der Waals surface area contributed by atoms with Crippen molar-refractivity contribution in [2.75, 3.05) is 0 Å². The molecule has 1 aromatic carbocycles. The van der Waals surface area contributed by atoms with Crippen LogP contribution < -0.4 is 10.5 Å². The largest absolute Gasteiger partial charge is 0.486 e. The number of nitrogens with two attached hydrogens (primary N) is 1. The highest BCUT2D eigenvalue weighted by molar-refractivity contribution is 7.80. The summed E-state index contributed by atoms with van der Waals surface area (Å²) in [5.74, 6) is 1.60. The Hall–Kier alpha value is -1.95. The predicted molar refractivity (Wildman–Crippen MR) is 81.7 cm³/mol. The Labute approximate surface area is 123 Å². The number of benzene rings is 1. The highest BCUT2D eigenvalue weighted by atomic mass is 32.1. The van der Waals surface area contributed by atoms with E-state index in [-0.39, 0.29) is 6.04 Å². The molecule has 106 valence electrons. The van der Waals surface area contributed by atoms with Crippen LogP contribution in [0.3, 0.4) is 0 Å². The van der Waals surface area contributed by atoms with Crippen molar-refractivity contribution >= 4 is 17.2 Å². The molecule has 2 rings (SSSR count). The molecule has 0 radical (unpaired) electrons. The lowest BCUT2D eigenvalue weighted by Gasteiger charge is -2.10. The zero-order valence-electron chi connectivity index (χ0n) is 11.6. The number of thiocarbonyl (C=S) groups is 1. The average Bonchev–Trinajstić information content (AvgIpc) is 2.86. The van der Waals surface area contributed by atoms with Gasteiger partial charge >= 0.3 is 0 Å². The monoisotopic (exact) mass is 290 g/mol. The summed E-state index contributed by atoms with van der Waals surface area (Å²) in [4.78, 5) is 4.69. The molecular formula is C14H18N4OS. The average molecular weight is 290 g/mol. The van der Waals surface area contributed by atoms with Gasteiger partial charge in [-0.25, -0.2) is 9.67 Å². The minimum atomic E-state index is 0.268. The van der Waals surface area contributed by atoms with Gasteiger partial charge in [-0.05, 0) is 31.5 Å². The van der Waals surface area contributed by atoms with Crippen molar-refractivity contribution < 1.29 is 4.74 Å². The Morgan fingerprint density at radius 2 is 2.05 bits per heavy atom. The van der Waals surface area contributed by atoms with Gasteiger partial charge in [-0.1, -0.05) is 24.4 Å². The molecule has 2 aromatic rings. The van der Waals surface area contributed by atoms with Gasteiger partial charge in [0, 0.05) is 12.5 Å². The summed E-state index contributed by atoms with van der Waals surface area (Å²) in [6.07, 6.45) is 2.15. The fourth-order valence-electron chi connectivity index (χ4n) is 1.86. The second-order valence-corrected chi connectivity index (χ2v) is 5.31. The Morgan fingerprint density at radius 3 is 2.65 bits per heavy atom. The SMILES string of the molecule is CC(C)n1ncnc1COc1ccc(CC(N)=S)cc1. The molecule has 0 aliphatic heterocycles. The van der Waals surface area contributed by atoms with Gasteiger partial charge in [0.05, 0.1) is 4.99 Å². The summed E-state index contributed by atoms with van der Waals surface area (Å²) >= 11 is 4.88. The van der Waals surface area contributed by atoms with E-state index in [9.17, 15) is 0 Å². The standard InChI is InChI=1S/C14H18N4OS/c1-10(2)18-14(16-9-17-18)8-19-12-5-3-11(4-6-12)7-13(15)20/h3-6,9-10H,7-8H2,1-2H3,(H2,15,20). The molecule has 0 fully saturated rings. The molecule has 0 bridgehead atoms. The van der Waals surface area contributed by atoms with E-state index in [0.717, 1.165) is 17.1 Å². The Kier molecular flexibility index (Phi) is 4.68. The van der Waals surface area contributed by atoms with E-state index in [1.54, 1.807) is 6.33 Å². The van der Waals surface area contributed by atoms with E-state index in [2.05, 4.69) is 23.9 Å². The van der Waals surface area contributed by atoms with Crippen molar-refractivity contribution in [1.29, 1.82) is 0 Å². The molecule has 1 aromatic heterocycles. The third-order valence-corrected chi connectivity index (χ3v) is 2.95. The van der Waals surface area contributed by atoms with Gasteiger partial charge in [0.25, 0.3) is 0 Å². The van der Waals surface area contributed by atoms with Crippen LogP contribution in [0.5, 0.6) is 5.75 Å². The topological polar surface area (TPSA) is 66.0 Å². The molecule has 6 heteroatoms.